The van der Waals surface area contributed by atoms with Crippen molar-refractivity contribution >= 4 is 11.8 Å². The molecule has 5 heteroatoms. The van der Waals surface area contributed by atoms with Crippen molar-refractivity contribution < 1.29 is 9.90 Å². The molecule has 94 valence electrons. The maximum Gasteiger partial charge on any atom is 0.305 e. The summed E-state index contributed by atoms with van der Waals surface area (Å²) in [6.07, 6.45) is 1.89. The van der Waals surface area contributed by atoms with Crippen LogP contribution < -0.4 is 10.6 Å². The van der Waals surface area contributed by atoms with Crippen LogP contribution in [0.5, 0.6) is 0 Å². The van der Waals surface area contributed by atoms with Gasteiger partial charge in [-0.3, -0.25) is 4.79 Å². The van der Waals surface area contributed by atoms with Crippen LogP contribution in [0.25, 0.3) is 0 Å². The Hall–Kier alpha value is -1.62. The number of carboxylic acids is 1. The highest BCUT2D eigenvalue weighted by Gasteiger charge is 1.99. The summed E-state index contributed by atoms with van der Waals surface area (Å²) in [5.41, 5.74) is 1.11. The van der Waals surface area contributed by atoms with Crippen LogP contribution in [0.2, 0.25) is 0 Å². The first-order chi connectivity index (χ1) is 8.08. The minimum atomic E-state index is -0.810. The lowest BCUT2D eigenvalue weighted by molar-refractivity contribution is -0.136. The first-order valence-electron chi connectivity index (χ1n) is 5.72. The van der Waals surface area contributed by atoms with Crippen molar-refractivity contribution in [2.75, 3.05) is 11.9 Å². The Morgan fingerprint density at radius 3 is 2.76 bits per heavy atom. The van der Waals surface area contributed by atoms with Gasteiger partial charge in [0, 0.05) is 25.3 Å². The number of hydrogen-bond acceptors (Lipinski definition) is 4. The molecule has 0 aromatic carbocycles. The molecule has 0 fully saturated rings. The molecule has 0 aliphatic rings. The molecule has 0 radical (unpaired) electrons. The van der Waals surface area contributed by atoms with Crippen LogP contribution in [0.1, 0.15) is 25.8 Å². The van der Waals surface area contributed by atoms with E-state index in [1.165, 1.54) is 0 Å². The highest BCUT2D eigenvalue weighted by molar-refractivity contribution is 5.67. The van der Waals surface area contributed by atoms with Crippen molar-refractivity contribution in [3.8, 4) is 0 Å². The number of rotatable bonds is 7. The zero-order valence-corrected chi connectivity index (χ0v) is 10.2. The molecule has 1 heterocycles. The van der Waals surface area contributed by atoms with E-state index < -0.39 is 5.97 Å². The lowest BCUT2D eigenvalue weighted by Crippen LogP contribution is -2.21. The molecular weight excluding hydrogens is 218 g/mol. The smallest absolute Gasteiger partial charge is 0.305 e. The second kappa shape index (κ2) is 6.85. The molecule has 0 saturated heterocycles. The van der Waals surface area contributed by atoms with Crippen molar-refractivity contribution in [3.63, 3.8) is 0 Å². The van der Waals surface area contributed by atoms with E-state index in [9.17, 15) is 4.79 Å². The molecular formula is C12H19N3O2. The van der Waals surface area contributed by atoms with Crippen LogP contribution in [-0.2, 0) is 11.3 Å². The summed E-state index contributed by atoms with van der Waals surface area (Å²) < 4.78 is 0. The normalized spacial score (nSPS) is 10.5. The molecule has 0 spiro atoms. The van der Waals surface area contributed by atoms with Gasteiger partial charge in [-0.2, -0.15) is 0 Å². The third-order valence-electron chi connectivity index (χ3n) is 2.18. The molecule has 0 aliphatic heterocycles. The second-order valence-electron chi connectivity index (χ2n) is 4.16. The average Bonchev–Trinajstić information content (AvgIpc) is 2.27. The molecule has 17 heavy (non-hydrogen) atoms. The summed E-state index contributed by atoms with van der Waals surface area (Å²) in [5, 5.41) is 14.7. The van der Waals surface area contributed by atoms with E-state index in [4.69, 9.17) is 5.11 Å². The summed E-state index contributed by atoms with van der Waals surface area (Å²) >= 11 is 0. The SMILES string of the molecule is CC(C)NCc1ccc(NCCC(=O)O)nc1. The Bertz CT molecular complexity index is 349. The summed E-state index contributed by atoms with van der Waals surface area (Å²) in [6.45, 7) is 5.37. The van der Waals surface area contributed by atoms with E-state index in [1.807, 2.05) is 12.1 Å². The Morgan fingerprint density at radius 1 is 1.47 bits per heavy atom. The molecule has 0 bridgehead atoms. The maximum atomic E-state index is 10.3. The molecule has 0 saturated carbocycles. The molecule has 3 N–H and O–H groups in total. The highest BCUT2D eigenvalue weighted by Crippen LogP contribution is 2.05. The van der Waals surface area contributed by atoms with Crippen LogP contribution in [0.3, 0.4) is 0 Å². The van der Waals surface area contributed by atoms with Crippen LogP contribution in [0.4, 0.5) is 5.82 Å². The van der Waals surface area contributed by atoms with Crippen LogP contribution in [0.15, 0.2) is 18.3 Å². The Kier molecular flexibility index (Phi) is 5.42. The monoisotopic (exact) mass is 237 g/mol. The lowest BCUT2D eigenvalue weighted by Gasteiger charge is -2.08. The topological polar surface area (TPSA) is 74.2 Å². The van der Waals surface area contributed by atoms with Gasteiger partial charge in [0.05, 0.1) is 6.42 Å². The maximum absolute atomic E-state index is 10.3. The summed E-state index contributed by atoms with van der Waals surface area (Å²) in [6, 6.07) is 4.29. The molecule has 0 amide bonds. The zero-order chi connectivity index (χ0) is 12.7. The van der Waals surface area contributed by atoms with E-state index in [2.05, 4.69) is 29.5 Å². The van der Waals surface area contributed by atoms with Gasteiger partial charge in [0.25, 0.3) is 0 Å². The van der Waals surface area contributed by atoms with Crippen molar-refractivity contribution in [1.29, 1.82) is 0 Å². The molecule has 0 aliphatic carbocycles. The highest BCUT2D eigenvalue weighted by atomic mass is 16.4. The number of carboxylic acid groups (broad SMARTS) is 1. The first kappa shape index (κ1) is 13.4. The largest absolute Gasteiger partial charge is 0.481 e. The van der Waals surface area contributed by atoms with E-state index in [0.717, 1.165) is 12.1 Å². The van der Waals surface area contributed by atoms with E-state index >= 15 is 0 Å². The van der Waals surface area contributed by atoms with Crippen molar-refractivity contribution in [3.05, 3.63) is 23.9 Å². The number of pyridine rings is 1. The fourth-order valence-electron chi connectivity index (χ4n) is 1.25. The van der Waals surface area contributed by atoms with Gasteiger partial charge in [-0.05, 0) is 11.6 Å². The van der Waals surface area contributed by atoms with Crippen molar-refractivity contribution in [1.82, 2.24) is 10.3 Å². The minimum Gasteiger partial charge on any atom is -0.481 e. The van der Waals surface area contributed by atoms with Gasteiger partial charge in [-0.1, -0.05) is 19.9 Å². The Morgan fingerprint density at radius 2 is 2.24 bits per heavy atom. The molecule has 0 atom stereocenters. The van der Waals surface area contributed by atoms with Crippen molar-refractivity contribution in [2.24, 2.45) is 0 Å². The third-order valence-corrected chi connectivity index (χ3v) is 2.18. The third kappa shape index (κ3) is 5.87. The second-order valence-corrected chi connectivity index (χ2v) is 4.16. The number of carbonyl (C=O) groups is 1. The predicted octanol–water partition coefficient (Wildman–Crippen LogP) is 1.47. The van der Waals surface area contributed by atoms with Gasteiger partial charge < -0.3 is 15.7 Å². The van der Waals surface area contributed by atoms with Gasteiger partial charge in [-0.15, -0.1) is 0 Å². The quantitative estimate of drug-likeness (QED) is 0.669. The number of aromatic nitrogens is 1. The van der Waals surface area contributed by atoms with Gasteiger partial charge in [-0.25, -0.2) is 4.98 Å². The van der Waals surface area contributed by atoms with Gasteiger partial charge in [0.1, 0.15) is 5.82 Å². The standard InChI is InChI=1S/C12H19N3O2/c1-9(2)14-7-10-3-4-11(15-8-10)13-6-5-12(16)17/h3-4,8-9,14H,5-7H2,1-2H3,(H,13,15)(H,16,17). The first-order valence-corrected chi connectivity index (χ1v) is 5.72. The van der Waals surface area contributed by atoms with Gasteiger partial charge >= 0.3 is 5.97 Å². The summed E-state index contributed by atoms with van der Waals surface area (Å²) in [4.78, 5) is 14.5. The molecule has 5 nitrogen and oxygen atoms in total. The summed E-state index contributed by atoms with van der Waals surface area (Å²) in [7, 11) is 0. The summed E-state index contributed by atoms with van der Waals surface area (Å²) in [5.74, 6) is -0.102. The zero-order valence-electron chi connectivity index (χ0n) is 10.2. The van der Waals surface area contributed by atoms with Gasteiger partial charge in [0.15, 0.2) is 0 Å². The van der Waals surface area contributed by atoms with E-state index in [-0.39, 0.29) is 6.42 Å². The average molecular weight is 237 g/mol. The fourth-order valence-corrected chi connectivity index (χ4v) is 1.25. The fraction of sp³-hybridized carbons (Fsp3) is 0.500. The number of hydrogen-bond donors (Lipinski definition) is 3. The number of aliphatic carboxylic acids is 1. The van der Waals surface area contributed by atoms with Crippen LogP contribution in [-0.4, -0.2) is 28.6 Å². The molecule has 1 rings (SSSR count). The number of nitrogens with one attached hydrogen (secondary N) is 2. The van der Waals surface area contributed by atoms with Crippen LogP contribution >= 0.6 is 0 Å². The molecule has 0 unspecified atom stereocenters. The lowest BCUT2D eigenvalue weighted by atomic mass is 10.2. The molecule has 1 aromatic heterocycles. The van der Waals surface area contributed by atoms with Crippen LogP contribution in [0, 0.1) is 0 Å². The Balaban J connectivity index is 2.36. The predicted molar refractivity (Wildman–Crippen MR) is 67.0 cm³/mol. The number of nitrogens with zero attached hydrogens (tertiary/aromatic N) is 1. The number of anilines is 1. The van der Waals surface area contributed by atoms with Crippen molar-refractivity contribution in [2.45, 2.75) is 32.9 Å². The van der Waals surface area contributed by atoms with Gasteiger partial charge in [0.2, 0.25) is 0 Å². The minimum absolute atomic E-state index is 0.0956. The molecule has 1 aromatic rings. The van der Waals surface area contributed by atoms with E-state index in [0.29, 0.717) is 18.4 Å². The van der Waals surface area contributed by atoms with E-state index in [1.54, 1.807) is 6.20 Å². The Labute approximate surface area is 101 Å².